The number of hydrogen-bond acceptors (Lipinski definition) is 4. The van der Waals surface area contributed by atoms with Gasteiger partial charge in [-0.2, -0.15) is 0 Å². The molecule has 4 heteroatoms. The molecular weight excluding hydrogens is 218 g/mol. The first-order chi connectivity index (χ1) is 8.17. The normalized spacial score (nSPS) is 10.0. The van der Waals surface area contributed by atoms with Crippen molar-refractivity contribution in [1.29, 1.82) is 0 Å². The third kappa shape index (κ3) is 4.34. The molecule has 0 atom stereocenters. The fraction of sp³-hybridized carbons (Fsp3) is 0.462. The van der Waals surface area contributed by atoms with Crippen molar-refractivity contribution in [2.75, 3.05) is 20.0 Å². The van der Waals surface area contributed by atoms with Crippen LogP contribution in [-0.2, 0) is 16.0 Å². The number of hydrogen-bond donors (Lipinski definition) is 1. The van der Waals surface area contributed by atoms with Gasteiger partial charge in [0.1, 0.15) is 5.75 Å². The Morgan fingerprint density at radius 3 is 2.65 bits per heavy atom. The number of unbranched alkanes of at least 4 members (excludes halogenated alkanes) is 1. The second-order valence-corrected chi connectivity index (χ2v) is 3.85. The molecule has 4 nitrogen and oxygen atoms in total. The standard InChI is InChI=1S/C13H19NO3/c1-16-11-8-7-10(12(14)9-11)5-3-4-6-13(15)17-2/h7-9H,3-6,14H2,1-2H3. The van der Waals surface area contributed by atoms with Crippen LogP contribution < -0.4 is 10.5 Å². The maximum absolute atomic E-state index is 10.9. The molecule has 0 amide bonds. The van der Waals surface area contributed by atoms with Gasteiger partial charge in [0.05, 0.1) is 14.2 Å². The van der Waals surface area contributed by atoms with Crippen LogP contribution in [0.4, 0.5) is 5.69 Å². The average Bonchev–Trinajstić information content (AvgIpc) is 2.35. The van der Waals surface area contributed by atoms with Gasteiger partial charge in [-0.1, -0.05) is 6.07 Å². The fourth-order valence-electron chi connectivity index (χ4n) is 1.61. The number of rotatable bonds is 6. The Kier molecular flexibility index (Phi) is 5.33. The summed E-state index contributed by atoms with van der Waals surface area (Å²) in [5.74, 6) is 0.605. The van der Waals surface area contributed by atoms with Crippen LogP contribution in [0.1, 0.15) is 24.8 Å². The van der Waals surface area contributed by atoms with E-state index in [0.717, 1.165) is 36.3 Å². The monoisotopic (exact) mass is 237 g/mol. The van der Waals surface area contributed by atoms with Crippen LogP contribution in [0.25, 0.3) is 0 Å². The van der Waals surface area contributed by atoms with E-state index in [1.165, 1.54) is 7.11 Å². The number of carbonyl (C=O) groups is 1. The van der Waals surface area contributed by atoms with Crippen molar-refractivity contribution in [2.24, 2.45) is 0 Å². The van der Waals surface area contributed by atoms with E-state index >= 15 is 0 Å². The summed E-state index contributed by atoms with van der Waals surface area (Å²) in [6, 6.07) is 5.67. The van der Waals surface area contributed by atoms with Crippen LogP contribution in [0, 0.1) is 0 Å². The van der Waals surface area contributed by atoms with E-state index in [1.807, 2.05) is 18.2 Å². The van der Waals surface area contributed by atoms with Gasteiger partial charge in [0.15, 0.2) is 0 Å². The minimum Gasteiger partial charge on any atom is -0.497 e. The van der Waals surface area contributed by atoms with Crippen molar-refractivity contribution in [3.05, 3.63) is 23.8 Å². The van der Waals surface area contributed by atoms with Crippen LogP contribution in [0.3, 0.4) is 0 Å². The summed E-state index contributed by atoms with van der Waals surface area (Å²) < 4.78 is 9.66. The Bertz CT molecular complexity index is 377. The van der Waals surface area contributed by atoms with Crippen molar-refractivity contribution in [3.8, 4) is 5.75 Å². The lowest BCUT2D eigenvalue weighted by atomic mass is 10.1. The Morgan fingerprint density at radius 2 is 2.06 bits per heavy atom. The highest BCUT2D eigenvalue weighted by Gasteiger charge is 2.03. The maximum atomic E-state index is 10.9. The Balaban J connectivity index is 2.39. The van der Waals surface area contributed by atoms with Gasteiger partial charge < -0.3 is 15.2 Å². The molecule has 2 N–H and O–H groups in total. The summed E-state index contributed by atoms with van der Waals surface area (Å²) in [6.45, 7) is 0. The summed E-state index contributed by atoms with van der Waals surface area (Å²) >= 11 is 0. The van der Waals surface area contributed by atoms with E-state index in [9.17, 15) is 4.79 Å². The molecule has 1 rings (SSSR count). The molecule has 0 unspecified atom stereocenters. The predicted molar refractivity (Wildman–Crippen MR) is 67.0 cm³/mol. The maximum Gasteiger partial charge on any atom is 0.305 e. The van der Waals surface area contributed by atoms with E-state index < -0.39 is 0 Å². The van der Waals surface area contributed by atoms with Crippen LogP contribution in [0.5, 0.6) is 5.75 Å². The fourth-order valence-corrected chi connectivity index (χ4v) is 1.61. The second kappa shape index (κ2) is 6.78. The molecule has 0 bridgehead atoms. The van der Waals surface area contributed by atoms with Crippen molar-refractivity contribution in [1.82, 2.24) is 0 Å². The zero-order valence-corrected chi connectivity index (χ0v) is 10.4. The smallest absolute Gasteiger partial charge is 0.305 e. The van der Waals surface area contributed by atoms with E-state index in [4.69, 9.17) is 10.5 Å². The highest BCUT2D eigenvalue weighted by atomic mass is 16.5. The molecular formula is C13H19NO3. The molecule has 1 aromatic rings. The van der Waals surface area contributed by atoms with E-state index in [2.05, 4.69) is 4.74 Å². The van der Waals surface area contributed by atoms with Gasteiger partial charge in [-0.15, -0.1) is 0 Å². The third-order valence-corrected chi connectivity index (χ3v) is 2.66. The summed E-state index contributed by atoms with van der Waals surface area (Å²) in [7, 11) is 3.02. The number of aryl methyl sites for hydroxylation is 1. The molecule has 0 radical (unpaired) electrons. The number of nitrogens with two attached hydrogens (primary N) is 1. The number of nitrogen functional groups attached to an aromatic ring is 1. The lowest BCUT2D eigenvalue weighted by Gasteiger charge is -2.07. The van der Waals surface area contributed by atoms with Crippen molar-refractivity contribution >= 4 is 11.7 Å². The number of benzene rings is 1. The molecule has 0 aliphatic carbocycles. The summed E-state index contributed by atoms with van der Waals surface area (Å²) in [4.78, 5) is 10.9. The first-order valence-corrected chi connectivity index (χ1v) is 5.66. The second-order valence-electron chi connectivity index (χ2n) is 3.85. The molecule has 0 saturated carbocycles. The molecule has 0 aliphatic heterocycles. The number of anilines is 1. The molecule has 1 aromatic carbocycles. The SMILES string of the molecule is COC(=O)CCCCc1ccc(OC)cc1N. The number of carbonyl (C=O) groups excluding carboxylic acids is 1. The van der Waals surface area contributed by atoms with Crippen LogP contribution in [0.15, 0.2) is 18.2 Å². The Morgan fingerprint density at radius 1 is 1.29 bits per heavy atom. The summed E-state index contributed by atoms with van der Waals surface area (Å²) in [5.41, 5.74) is 7.73. The summed E-state index contributed by atoms with van der Waals surface area (Å²) in [5, 5.41) is 0. The lowest BCUT2D eigenvalue weighted by molar-refractivity contribution is -0.140. The van der Waals surface area contributed by atoms with Crippen LogP contribution >= 0.6 is 0 Å². The van der Waals surface area contributed by atoms with Crippen molar-refractivity contribution < 1.29 is 14.3 Å². The van der Waals surface area contributed by atoms with Gasteiger partial charge in [0.25, 0.3) is 0 Å². The number of ether oxygens (including phenoxy) is 2. The minimum absolute atomic E-state index is 0.160. The molecule has 0 aliphatic rings. The van der Waals surface area contributed by atoms with Gasteiger partial charge in [-0.05, 0) is 30.9 Å². The quantitative estimate of drug-likeness (QED) is 0.468. The van der Waals surface area contributed by atoms with E-state index in [1.54, 1.807) is 7.11 Å². The molecule has 17 heavy (non-hydrogen) atoms. The first-order valence-electron chi connectivity index (χ1n) is 5.66. The van der Waals surface area contributed by atoms with Crippen molar-refractivity contribution in [2.45, 2.75) is 25.7 Å². The van der Waals surface area contributed by atoms with Crippen molar-refractivity contribution in [3.63, 3.8) is 0 Å². The van der Waals surface area contributed by atoms with E-state index in [0.29, 0.717) is 6.42 Å². The summed E-state index contributed by atoms with van der Waals surface area (Å²) in [6.07, 6.45) is 3.07. The molecule has 94 valence electrons. The third-order valence-electron chi connectivity index (χ3n) is 2.66. The largest absolute Gasteiger partial charge is 0.497 e. The highest BCUT2D eigenvalue weighted by Crippen LogP contribution is 2.21. The average molecular weight is 237 g/mol. The molecule has 0 aromatic heterocycles. The number of methoxy groups -OCH3 is 2. The highest BCUT2D eigenvalue weighted by molar-refractivity contribution is 5.69. The van der Waals surface area contributed by atoms with Gasteiger partial charge >= 0.3 is 5.97 Å². The molecule has 0 saturated heterocycles. The minimum atomic E-state index is -0.160. The lowest BCUT2D eigenvalue weighted by Crippen LogP contribution is -2.00. The van der Waals surface area contributed by atoms with Gasteiger partial charge in [-0.3, -0.25) is 4.79 Å². The van der Waals surface area contributed by atoms with E-state index in [-0.39, 0.29) is 5.97 Å². The van der Waals surface area contributed by atoms with Crippen LogP contribution in [0.2, 0.25) is 0 Å². The van der Waals surface area contributed by atoms with Crippen LogP contribution in [-0.4, -0.2) is 20.2 Å². The zero-order valence-electron chi connectivity index (χ0n) is 10.4. The first kappa shape index (κ1) is 13.4. The van der Waals surface area contributed by atoms with Gasteiger partial charge in [0, 0.05) is 18.2 Å². The molecule has 0 heterocycles. The van der Waals surface area contributed by atoms with Gasteiger partial charge in [-0.25, -0.2) is 0 Å². The zero-order chi connectivity index (χ0) is 12.7. The Labute approximate surface area is 102 Å². The number of esters is 1. The van der Waals surface area contributed by atoms with Gasteiger partial charge in [0.2, 0.25) is 0 Å². The topological polar surface area (TPSA) is 61.5 Å². The Hall–Kier alpha value is -1.71. The predicted octanol–water partition coefficient (Wildman–Crippen LogP) is 2.16. The molecule has 0 spiro atoms. The molecule has 0 fully saturated rings.